The van der Waals surface area contributed by atoms with Crippen LogP contribution in [0, 0.1) is 11.8 Å². The first kappa shape index (κ1) is 15.3. The van der Waals surface area contributed by atoms with E-state index in [2.05, 4.69) is 39.7 Å². The third kappa shape index (κ3) is 6.07. The van der Waals surface area contributed by atoms with E-state index in [0.29, 0.717) is 23.0 Å². The normalized spacial score (nSPS) is 9.32. The van der Waals surface area contributed by atoms with Crippen molar-refractivity contribution in [1.29, 1.82) is 0 Å². The molecular formula is C14H14BrNO3. The molecule has 0 saturated carbocycles. The summed E-state index contributed by atoms with van der Waals surface area (Å²) < 4.78 is 5.45. The van der Waals surface area contributed by atoms with Crippen LogP contribution >= 0.6 is 15.9 Å². The van der Waals surface area contributed by atoms with Gasteiger partial charge in [0.25, 0.3) is 0 Å². The molecule has 0 aromatic carbocycles. The van der Waals surface area contributed by atoms with Gasteiger partial charge >= 0.3 is 5.63 Å². The molecule has 0 aliphatic carbocycles. The van der Waals surface area contributed by atoms with Crippen LogP contribution in [0.2, 0.25) is 0 Å². The number of hydrogen-bond acceptors (Lipinski definition) is 3. The van der Waals surface area contributed by atoms with Gasteiger partial charge in [0.05, 0.1) is 4.47 Å². The van der Waals surface area contributed by atoms with Crippen LogP contribution < -0.4 is 10.9 Å². The van der Waals surface area contributed by atoms with Crippen LogP contribution in [-0.4, -0.2) is 12.5 Å². The van der Waals surface area contributed by atoms with Crippen molar-refractivity contribution in [3.8, 4) is 11.8 Å². The Morgan fingerprint density at radius 3 is 3.05 bits per heavy atom. The Bertz CT molecular complexity index is 566. The van der Waals surface area contributed by atoms with Crippen molar-refractivity contribution < 1.29 is 9.21 Å². The summed E-state index contributed by atoms with van der Waals surface area (Å²) >= 11 is 3.21. The molecule has 0 fully saturated rings. The fraction of sp³-hybridized carbons (Fsp3) is 0.286. The van der Waals surface area contributed by atoms with Crippen LogP contribution in [0.5, 0.6) is 0 Å². The van der Waals surface area contributed by atoms with E-state index >= 15 is 0 Å². The number of rotatable bonds is 5. The maximum Gasteiger partial charge on any atom is 0.351 e. The highest BCUT2D eigenvalue weighted by molar-refractivity contribution is 9.10. The first-order valence-electron chi connectivity index (χ1n) is 5.81. The molecule has 0 aliphatic heterocycles. The van der Waals surface area contributed by atoms with Crippen molar-refractivity contribution >= 4 is 21.8 Å². The number of hydrogen-bond donors (Lipinski definition) is 1. The van der Waals surface area contributed by atoms with Crippen LogP contribution in [0.15, 0.2) is 38.7 Å². The molecule has 0 bridgehead atoms. The molecule has 100 valence electrons. The molecule has 0 spiro atoms. The van der Waals surface area contributed by atoms with E-state index in [-0.39, 0.29) is 5.91 Å². The minimum absolute atomic E-state index is 0.169. The monoisotopic (exact) mass is 323 g/mol. The number of carbonyl (C=O) groups excluding carboxylic acids is 1. The molecule has 0 unspecified atom stereocenters. The zero-order valence-corrected chi connectivity index (χ0v) is 12.0. The predicted molar refractivity (Wildman–Crippen MR) is 76.6 cm³/mol. The molecule has 1 N–H and O–H groups in total. The maximum atomic E-state index is 11.3. The summed E-state index contributed by atoms with van der Waals surface area (Å²) in [7, 11) is 0. The summed E-state index contributed by atoms with van der Waals surface area (Å²) in [5.41, 5.74) is -0.0942. The molecule has 1 heterocycles. The molecule has 1 aromatic heterocycles. The van der Waals surface area contributed by atoms with Gasteiger partial charge in [0.1, 0.15) is 11.8 Å². The zero-order valence-electron chi connectivity index (χ0n) is 10.4. The Hall–Kier alpha value is -1.80. The zero-order chi connectivity index (χ0) is 14.1. The standard InChI is InChI=1S/C14H14BrNO3/c1-2-13(17)16-8-6-4-3-5-7-11-9-12(15)10-19-14(11)18/h2,9-10H,1,3-4,6,8H2,(H,16,17). The Morgan fingerprint density at radius 1 is 1.53 bits per heavy atom. The molecule has 0 aliphatic rings. The van der Waals surface area contributed by atoms with Crippen molar-refractivity contribution in [2.75, 3.05) is 6.54 Å². The van der Waals surface area contributed by atoms with Crippen molar-refractivity contribution in [3.05, 3.63) is 45.4 Å². The summed E-state index contributed by atoms with van der Waals surface area (Å²) in [5, 5.41) is 2.68. The molecule has 0 radical (unpaired) electrons. The van der Waals surface area contributed by atoms with Gasteiger partial charge in [-0.2, -0.15) is 0 Å². The van der Waals surface area contributed by atoms with Crippen molar-refractivity contribution in [2.45, 2.75) is 19.3 Å². The van der Waals surface area contributed by atoms with Crippen LogP contribution in [0.25, 0.3) is 0 Å². The quantitative estimate of drug-likeness (QED) is 0.513. The van der Waals surface area contributed by atoms with Crippen LogP contribution in [0.3, 0.4) is 0 Å². The third-order valence-electron chi connectivity index (χ3n) is 2.22. The number of amides is 1. The Balaban J connectivity index is 2.32. The Morgan fingerprint density at radius 2 is 2.32 bits per heavy atom. The lowest BCUT2D eigenvalue weighted by Gasteiger charge is -1.99. The summed E-state index contributed by atoms with van der Waals surface area (Å²) in [5.74, 6) is 5.51. The number of unbranched alkanes of at least 4 members (excludes halogenated alkanes) is 2. The molecule has 1 aromatic rings. The maximum absolute atomic E-state index is 11.3. The average Bonchev–Trinajstić information content (AvgIpc) is 2.41. The van der Waals surface area contributed by atoms with Gasteiger partial charge in [0, 0.05) is 13.0 Å². The first-order valence-corrected chi connectivity index (χ1v) is 6.60. The summed E-state index contributed by atoms with van der Waals surface area (Å²) in [6, 6.07) is 1.63. The van der Waals surface area contributed by atoms with E-state index in [0.717, 1.165) is 12.8 Å². The molecule has 5 heteroatoms. The van der Waals surface area contributed by atoms with Crippen molar-refractivity contribution in [1.82, 2.24) is 5.32 Å². The molecule has 0 saturated heterocycles. The van der Waals surface area contributed by atoms with E-state index in [1.54, 1.807) is 6.07 Å². The van der Waals surface area contributed by atoms with E-state index in [4.69, 9.17) is 4.42 Å². The van der Waals surface area contributed by atoms with Gasteiger partial charge in [0.2, 0.25) is 5.91 Å². The van der Waals surface area contributed by atoms with Crippen molar-refractivity contribution in [2.24, 2.45) is 0 Å². The van der Waals surface area contributed by atoms with Gasteiger partial charge in [-0.3, -0.25) is 4.79 Å². The molecule has 19 heavy (non-hydrogen) atoms. The smallest absolute Gasteiger partial charge is 0.351 e. The van der Waals surface area contributed by atoms with Gasteiger partial charge in [-0.25, -0.2) is 4.79 Å². The summed E-state index contributed by atoms with van der Waals surface area (Å²) in [6.45, 7) is 3.96. The van der Waals surface area contributed by atoms with E-state index in [1.165, 1.54) is 12.3 Å². The summed E-state index contributed by atoms with van der Waals surface area (Å²) in [6.07, 6.45) is 4.92. The van der Waals surface area contributed by atoms with Gasteiger partial charge in [-0.05, 0) is 40.9 Å². The average molecular weight is 324 g/mol. The topological polar surface area (TPSA) is 59.3 Å². The minimum Gasteiger partial charge on any atom is -0.429 e. The van der Waals surface area contributed by atoms with Gasteiger partial charge in [-0.15, -0.1) is 0 Å². The van der Waals surface area contributed by atoms with Crippen LogP contribution in [0.1, 0.15) is 24.8 Å². The second-order valence-electron chi connectivity index (χ2n) is 3.72. The van der Waals surface area contributed by atoms with Gasteiger partial charge in [0.15, 0.2) is 0 Å². The number of halogens is 1. The van der Waals surface area contributed by atoms with Gasteiger partial charge < -0.3 is 9.73 Å². The number of carbonyl (C=O) groups is 1. The molecular weight excluding hydrogens is 310 g/mol. The minimum atomic E-state index is -0.436. The lowest BCUT2D eigenvalue weighted by atomic mass is 10.2. The highest BCUT2D eigenvalue weighted by Gasteiger charge is 1.98. The molecule has 4 nitrogen and oxygen atoms in total. The Labute approximate surface area is 120 Å². The lowest BCUT2D eigenvalue weighted by Crippen LogP contribution is -2.21. The second-order valence-corrected chi connectivity index (χ2v) is 4.64. The molecule has 0 atom stereocenters. The van der Waals surface area contributed by atoms with E-state index < -0.39 is 5.63 Å². The summed E-state index contributed by atoms with van der Waals surface area (Å²) in [4.78, 5) is 22.1. The Kier molecular flexibility index (Phi) is 6.69. The number of nitrogens with one attached hydrogen (secondary N) is 1. The highest BCUT2D eigenvalue weighted by atomic mass is 79.9. The SMILES string of the molecule is C=CC(=O)NCCCCC#Cc1cc(Br)coc1=O. The lowest BCUT2D eigenvalue weighted by molar-refractivity contribution is -0.116. The first-order chi connectivity index (χ1) is 9.13. The van der Waals surface area contributed by atoms with Crippen molar-refractivity contribution in [3.63, 3.8) is 0 Å². The fourth-order valence-electron chi connectivity index (χ4n) is 1.27. The van der Waals surface area contributed by atoms with E-state index in [9.17, 15) is 9.59 Å². The largest absolute Gasteiger partial charge is 0.429 e. The molecule has 1 rings (SSSR count). The van der Waals surface area contributed by atoms with Gasteiger partial charge in [-0.1, -0.05) is 18.4 Å². The third-order valence-corrected chi connectivity index (χ3v) is 2.63. The fourth-order valence-corrected chi connectivity index (χ4v) is 1.59. The predicted octanol–water partition coefficient (Wildman–Crippen LogP) is 2.23. The van der Waals surface area contributed by atoms with Crippen LogP contribution in [-0.2, 0) is 4.79 Å². The molecule has 1 amide bonds. The highest BCUT2D eigenvalue weighted by Crippen LogP contribution is 2.07. The second kappa shape index (κ2) is 8.33. The van der Waals surface area contributed by atoms with Crippen LogP contribution in [0.4, 0.5) is 0 Å². The van der Waals surface area contributed by atoms with E-state index in [1.807, 2.05) is 0 Å².